The lowest BCUT2D eigenvalue weighted by atomic mass is 10.1. The number of rotatable bonds is 3. The quantitative estimate of drug-likeness (QED) is 0.883. The summed E-state index contributed by atoms with van der Waals surface area (Å²) in [6.45, 7) is 0.474. The predicted molar refractivity (Wildman–Crippen MR) is 68.4 cm³/mol. The maximum Gasteiger partial charge on any atom is 0.271 e. The smallest absolute Gasteiger partial charge is 0.271 e. The van der Waals surface area contributed by atoms with Crippen molar-refractivity contribution in [2.24, 2.45) is 0 Å². The summed E-state index contributed by atoms with van der Waals surface area (Å²) in [5, 5.41) is 11.7. The van der Waals surface area contributed by atoms with E-state index in [9.17, 15) is 4.79 Å². The number of aromatic nitrogens is 2. The Bertz CT molecular complexity index is 642. The standard InChI is InChI=1S/C12H9ClN4O/c13-10-11(16-7-17-12(10)18)15-6-9-3-1-8(5-14)2-4-9/h1-4,7H,6H2,(H2,15,16,17,18). The summed E-state index contributed by atoms with van der Waals surface area (Å²) in [6, 6.07) is 9.15. The molecular weight excluding hydrogens is 252 g/mol. The van der Waals surface area contributed by atoms with Gasteiger partial charge in [-0.25, -0.2) is 4.98 Å². The zero-order valence-corrected chi connectivity index (χ0v) is 10.0. The van der Waals surface area contributed by atoms with Gasteiger partial charge in [-0.15, -0.1) is 0 Å². The fourth-order valence-corrected chi connectivity index (χ4v) is 1.56. The van der Waals surface area contributed by atoms with Crippen LogP contribution in [0.2, 0.25) is 5.02 Å². The van der Waals surface area contributed by atoms with E-state index in [2.05, 4.69) is 15.3 Å². The number of hydrogen-bond acceptors (Lipinski definition) is 4. The van der Waals surface area contributed by atoms with Gasteiger partial charge in [0.15, 0.2) is 5.82 Å². The van der Waals surface area contributed by atoms with Crippen LogP contribution in [0, 0.1) is 11.3 Å². The first-order chi connectivity index (χ1) is 8.70. The molecule has 6 heteroatoms. The van der Waals surface area contributed by atoms with Crippen LogP contribution in [0.25, 0.3) is 0 Å². The molecule has 0 unspecified atom stereocenters. The molecule has 18 heavy (non-hydrogen) atoms. The van der Waals surface area contributed by atoms with Crippen LogP contribution in [0.1, 0.15) is 11.1 Å². The summed E-state index contributed by atoms with van der Waals surface area (Å²) in [6.07, 6.45) is 1.29. The third-order valence-electron chi connectivity index (χ3n) is 2.34. The van der Waals surface area contributed by atoms with E-state index >= 15 is 0 Å². The number of nitrogens with zero attached hydrogens (tertiary/aromatic N) is 2. The zero-order valence-electron chi connectivity index (χ0n) is 9.27. The first-order valence-corrected chi connectivity index (χ1v) is 5.54. The fraction of sp³-hybridized carbons (Fsp3) is 0.0833. The molecule has 0 aliphatic rings. The molecule has 90 valence electrons. The fourth-order valence-electron chi connectivity index (χ4n) is 1.39. The van der Waals surface area contributed by atoms with E-state index in [0.717, 1.165) is 5.56 Å². The molecule has 0 radical (unpaired) electrons. The Morgan fingerprint density at radius 3 is 2.78 bits per heavy atom. The summed E-state index contributed by atoms with van der Waals surface area (Å²) in [5.74, 6) is 0.338. The van der Waals surface area contributed by atoms with Crippen LogP contribution in [0.5, 0.6) is 0 Å². The number of aromatic amines is 1. The van der Waals surface area contributed by atoms with Crippen LogP contribution in [-0.2, 0) is 6.54 Å². The van der Waals surface area contributed by atoms with Crippen LogP contribution in [0.15, 0.2) is 35.4 Å². The van der Waals surface area contributed by atoms with Gasteiger partial charge in [-0.05, 0) is 17.7 Å². The van der Waals surface area contributed by atoms with Gasteiger partial charge < -0.3 is 10.3 Å². The van der Waals surface area contributed by atoms with Crippen molar-refractivity contribution in [2.75, 3.05) is 5.32 Å². The van der Waals surface area contributed by atoms with Crippen LogP contribution >= 0.6 is 11.6 Å². The molecule has 2 rings (SSSR count). The number of H-pyrrole nitrogens is 1. The summed E-state index contributed by atoms with van der Waals surface area (Å²) < 4.78 is 0. The lowest BCUT2D eigenvalue weighted by molar-refractivity contribution is 1.06. The lowest BCUT2D eigenvalue weighted by Gasteiger charge is -2.06. The molecule has 0 fully saturated rings. The van der Waals surface area contributed by atoms with E-state index in [0.29, 0.717) is 17.9 Å². The van der Waals surface area contributed by atoms with Gasteiger partial charge in [-0.3, -0.25) is 4.79 Å². The highest BCUT2D eigenvalue weighted by molar-refractivity contribution is 6.32. The van der Waals surface area contributed by atoms with Crippen molar-refractivity contribution < 1.29 is 0 Å². The molecule has 0 spiro atoms. The van der Waals surface area contributed by atoms with E-state index < -0.39 is 0 Å². The number of nitriles is 1. The number of anilines is 1. The average molecular weight is 261 g/mol. The maximum atomic E-state index is 11.2. The van der Waals surface area contributed by atoms with Crippen molar-refractivity contribution in [3.05, 3.63) is 57.1 Å². The zero-order chi connectivity index (χ0) is 13.0. The SMILES string of the molecule is N#Cc1ccc(CNc2nc[nH]c(=O)c2Cl)cc1. The number of hydrogen-bond donors (Lipinski definition) is 2. The van der Waals surface area contributed by atoms with E-state index in [-0.39, 0.29) is 10.6 Å². The Hall–Kier alpha value is -2.32. The Labute approximate surface area is 108 Å². The molecule has 2 N–H and O–H groups in total. The van der Waals surface area contributed by atoms with Gasteiger partial charge in [0.2, 0.25) is 0 Å². The van der Waals surface area contributed by atoms with E-state index in [1.54, 1.807) is 12.1 Å². The molecule has 0 amide bonds. The minimum absolute atomic E-state index is 0.0335. The Kier molecular flexibility index (Phi) is 3.60. The molecule has 1 heterocycles. The second kappa shape index (κ2) is 5.34. The molecule has 1 aromatic carbocycles. The summed E-state index contributed by atoms with van der Waals surface area (Å²) >= 11 is 5.80. The van der Waals surface area contributed by atoms with Gasteiger partial charge in [-0.1, -0.05) is 23.7 Å². The summed E-state index contributed by atoms with van der Waals surface area (Å²) in [4.78, 5) is 17.5. The second-order valence-corrected chi connectivity index (χ2v) is 3.93. The van der Waals surface area contributed by atoms with Gasteiger partial charge >= 0.3 is 0 Å². The molecule has 0 aliphatic carbocycles. The van der Waals surface area contributed by atoms with Gasteiger partial charge in [0.1, 0.15) is 5.02 Å². The van der Waals surface area contributed by atoms with E-state index in [4.69, 9.17) is 16.9 Å². The second-order valence-electron chi connectivity index (χ2n) is 3.56. The Balaban J connectivity index is 2.09. The first-order valence-electron chi connectivity index (χ1n) is 5.17. The summed E-state index contributed by atoms with van der Waals surface area (Å²) in [7, 11) is 0. The van der Waals surface area contributed by atoms with Crippen molar-refractivity contribution in [1.82, 2.24) is 9.97 Å². The molecule has 1 aromatic heterocycles. The molecular formula is C12H9ClN4O. The number of halogens is 1. The molecule has 0 atom stereocenters. The topological polar surface area (TPSA) is 81.6 Å². The normalized spacial score (nSPS) is 9.78. The number of benzene rings is 1. The first kappa shape index (κ1) is 12.1. The van der Waals surface area contributed by atoms with Gasteiger partial charge in [-0.2, -0.15) is 5.26 Å². The molecule has 0 saturated heterocycles. The van der Waals surface area contributed by atoms with Crippen molar-refractivity contribution in [3.63, 3.8) is 0 Å². The molecule has 2 aromatic rings. The lowest BCUT2D eigenvalue weighted by Crippen LogP contribution is -2.11. The predicted octanol–water partition coefficient (Wildman–Crippen LogP) is 1.91. The van der Waals surface area contributed by atoms with Crippen molar-refractivity contribution in [1.29, 1.82) is 5.26 Å². The van der Waals surface area contributed by atoms with Gasteiger partial charge in [0, 0.05) is 6.54 Å². The molecule has 0 aliphatic heterocycles. The monoisotopic (exact) mass is 260 g/mol. The van der Waals surface area contributed by atoms with Crippen LogP contribution in [0.4, 0.5) is 5.82 Å². The molecule has 0 bridgehead atoms. The largest absolute Gasteiger partial charge is 0.365 e. The van der Waals surface area contributed by atoms with Crippen molar-refractivity contribution in [2.45, 2.75) is 6.54 Å². The maximum absolute atomic E-state index is 11.2. The third kappa shape index (κ3) is 2.67. The van der Waals surface area contributed by atoms with E-state index in [1.807, 2.05) is 18.2 Å². The molecule has 0 saturated carbocycles. The molecule has 5 nitrogen and oxygen atoms in total. The van der Waals surface area contributed by atoms with Crippen LogP contribution in [-0.4, -0.2) is 9.97 Å². The highest BCUT2D eigenvalue weighted by Crippen LogP contribution is 2.13. The minimum atomic E-state index is -0.381. The average Bonchev–Trinajstić information content (AvgIpc) is 2.41. The Morgan fingerprint density at radius 1 is 1.39 bits per heavy atom. The van der Waals surface area contributed by atoms with E-state index in [1.165, 1.54) is 6.33 Å². The highest BCUT2D eigenvalue weighted by Gasteiger charge is 2.04. The minimum Gasteiger partial charge on any atom is -0.365 e. The number of nitrogens with one attached hydrogen (secondary N) is 2. The summed E-state index contributed by atoms with van der Waals surface area (Å²) in [5.41, 5.74) is 1.19. The van der Waals surface area contributed by atoms with Crippen LogP contribution in [0.3, 0.4) is 0 Å². The van der Waals surface area contributed by atoms with Crippen LogP contribution < -0.4 is 10.9 Å². The van der Waals surface area contributed by atoms with Gasteiger partial charge in [0.25, 0.3) is 5.56 Å². The Morgan fingerprint density at radius 2 is 2.11 bits per heavy atom. The highest BCUT2D eigenvalue weighted by atomic mass is 35.5. The van der Waals surface area contributed by atoms with Crippen molar-refractivity contribution >= 4 is 17.4 Å². The third-order valence-corrected chi connectivity index (χ3v) is 2.69. The van der Waals surface area contributed by atoms with Gasteiger partial charge in [0.05, 0.1) is 18.0 Å². The van der Waals surface area contributed by atoms with Crippen molar-refractivity contribution in [3.8, 4) is 6.07 Å².